The number of hydrogen-bond donors (Lipinski definition) is 0. The Hall–Kier alpha value is -1.77. The molecule has 0 N–H and O–H groups in total. The first kappa shape index (κ1) is 21.0. The molecule has 4 nitrogen and oxygen atoms in total. The van der Waals surface area contributed by atoms with Crippen LogP contribution in [0.2, 0.25) is 0 Å². The summed E-state index contributed by atoms with van der Waals surface area (Å²) in [7, 11) is -4.04. The molecule has 1 saturated heterocycles. The van der Waals surface area contributed by atoms with E-state index in [1.165, 1.54) is 6.07 Å². The van der Waals surface area contributed by atoms with E-state index in [9.17, 15) is 17.2 Å². The molecule has 1 fully saturated rings. The van der Waals surface area contributed by atoms with Crippen molar-refractivity contribution in [2.75, 3.05) is 6.26 Å². The van der Waals surface area contributed by atoms with Crippen molar-refractivity contribution in [2.45, 2.75) is 44.6 Å². The highest BCUT2D eigenvalue weighted by Crippen LogP contribution is 2.37. The van der Waals surface area contributed by atoms with Gasteiger partial charge in [-0.25, -0.2) is 17.2 Å². The van der Waals surface area contributed by atoms with Crippen molar-refractivity contribution in [3.05, 3.63) is 53.6 Å². The SMILES string of the molecule is CC1(C)OB(c2cc(CS(C)(=O)=O)cc(-c3ccc(F)cc3F)c2)OC1(C)C. The van der Waals surface area contributed by atoms with Gasteiger partial charge in [0.25, 0.3) is 0 Å². The van der Waals surface area contributed by atoms with E-state index in [2.05, 4.69) is 0 Å². The topological polar surface area (TPSA) is 52.6 Å². The van der Waals surface area contributed by atoms with Gasteiger partial charge in [0, 0.05) is 17.9 Å². The monoisotopic (exact) mass is 408 g/mol. The summed E-state index contributed by atoms with van der Waals surface area (Å²) in [6, 6.07) is 8.26. The smallest absolute Gasteiger partial charge is 0.399 e. The minimum Gasteiger partial charge on any atom is -0.399 e. The van der Waals surface area contributed by atoms with Gasteiger partial charge in [-0.15, -0.1) is 0 Å². The van der Waals surface area contributed by atoms with Crippen LogP contribution in [0.3, 0.4) is 0 Å². The second kappa shape index (κ2) is 6.93. The van der Waals surface area contributed by atoms with Crippen molar-refractivity contribution in [1.29, 1.82) is 0 Å². The number of rotatable bonds is 4. The van der Waals surface area contributed by atoms with Gasteiger partial charge in [-0.1, -0.05) is 18.2 Å². The molecule has 0 aliphatic carbocycles. The summed E-state index contributed by atoms with van der Waals surface area (Å²) in [6.07, 6.45) is 1.13. The fourth-order valence-electron chi connectivity index (χ4n) is 3.10. The summed E-state index contributed by atoms with van der Waals surface area (Å²) in [5, 5.41) is 0. The van der Waals surface area contributed by atoms with Gasteiger partial charge < -0.3 is 9.31 Å². The Labute approximate surface area is 164 Å². The van der Waals surface area contributed by atoms with E-state index in [1.807, 2.05) is 27.7 Å². The van der Waals surface area contributed by atoms with Gasteiger partial charge >= 0.3 is 7.12 Å². The highest BCUT2D eigenvalue weighted by molar-refractivity contribution is 7.89. The molecule has 0 amide bonds. The Morgan fingerprint density at radius 1 is 0.964 bits per heavy atom. The molecule has 0 saturated carbocycles. The lowest BCUT2D eigenvalue weighted by Crippen LogP contribution is -2.41. The maximum atomic E-state index is 14.3. The Bertz CT molecular complexity index is 1000. The van der Waals surface area contributed by atoms with Gasteiger partial charge in [-0.05, 0) is 56.4 Å². The van der Waals surface area contributed by atoms with Gasteiger partial charge in [-0.2, -0.15) is 0 Å². The Kier molecular flexibility index (Phi) is 5.19. The largest absolute Gasteiger partial charge is 0.494 e. The van der Waals surface area contributed by atoms with Crippen molar-refractivity contribution in [3.8, 4) is 11.1 Å². The lowest BCUT2D eigenvalue weighted by atomic mass is 9.77. The van der Waals surface area contributed by atoms with Crippen LogP contribution in [0.25, 0.3) is 11.1 Å². The Morgan fingerprint density at radius 2 is 1.57 bits per heavy atom. The van der Waals surface area contributed by atoms with Crippen molar-refractivity contribution < 1.29 is 26.5 Å². The predicted octanol–water partition coefficient (Wildman–Crippen LogP) is 3.48. The molecule has 2 aromatic carbocycles. The van der Waals surface area contributed by atoms with Gasteiger partial charge in [-0.3, -0.25) is 0 Å². The van der Waals surface area contributed by atoms with Crippen molar-refractivity contribution in [1.82, 2.24) is 0 Å². The van der Waals surface area contributed by atoms with Gasteiger partial charge in [0.15, 0.2) is 9.84 Å². The van der Waals surface area contributed by atoms with Crippen LogP contribution in [0.5, 0.6) is 0 Å². The van der Waals surface area contributed by atoms with E-state index in [0.717, 1.165) is 18.4 Å². The Balaban J connectivity index is 2.11. The molecule has 8 heteroatoms. The molecule has 1 aliphatic heterocycles. The molecule has 3 rings (SSSR count). The van der Waals surface area contributed by atoms with E-state index < -0.39 is 39.8 Å². The highest BCUT2D eigenvalue weighted by atomic mass is 32.2. The molecule has 28 heavy (non-hydrogen) atoms. The van der Waals surface area contributed by atoms with Crippen LogP contribution in [0.4, 0.5) is 8.78 Å². The third-order valence-corrected chi connectivity index (χ3v) is 6.07. The lowest BCUT2D eigenvalue weighted by Gasteiger charge is -2.32. The fraction of sp³-hybridized carbons (Fsp3) is 0.400. The first-order valence-corrected chi connectivity index (χ1v) is 11.0. The molecule has 0 unspecified atom stereocenters. The van der Waals surface area contributed by atoms with Crippen LogP contribution in [-0.2, 0) is 24.9 Å². The van der Waals surface area contributed by atoms with Crippen molar-refractivity contribution in [2.24, 2.45) is 0 Å². The average molecular weight is 408 g/mol. The van der Waals surface area contributed by atoms with Crippen molar-refractivity contribution in [3.63, 3.8) is 0 Å². The van der Waals surface area contributed by atoms with Crippen LogP contribution in [0, 0.1) is 11.6 Å². The molecule has 0 radical (unpaired) electrons. The second-order valence-electron chi connectivity index (χ2n) is 8.25. The first-order valence-electron chi connectivity index (χ1n) is 8.90. The third kappa shape index (κ3) is 4.29. The quantitative estimate of drug-likeness (QED) is 0.728. The van der Waals surface area contributed by atoms with Crippen LogP contribution >= 0.6 is 0 Å². The standard InChI is InChI=1S/C20H23BF2O4S/c1-19(2)20(3,4)27-21(26-19)15-9-13(12-28(5,24)25)8-14(10-15)17-7-6-16(22)11-18(17)23/h6-11H,12H2,1-5H3. The normalized spacial score (nSPS) is 18.5. The van der Waals surface area contributed by atoms with E-state index in [4.69, 9.17) is 9.31 Å². The molecule has 2 aromatic rings. The molecule has 0 bridgehead atoms. The van der Waals surface area contributed by atoms with E-state index >= 15 is 0 Å². The first-order chi connectivity index (χ1) is 12.8. The number of sulfone groups is 1. The van der Waals surface area contributed by atoms with E-state index in [-0.39, 0.29) is 11.3 Å². The molecule has 0 aromatic heterocycles. The summed E-state index contributed by atoms with van der Waals surface area (Å²) < 4.78 is 63.4. The van der Waals surface area contributed by atoms with Crippen LogP contribution in [0.15, 0.2) is 36.4 Å². The Morgan fingerprint density at radius 3 is 2.11 bits per heavy atom. The van der Waals surface area contributed by atoms with Gasteiger partial charge in [0.05, 0.1) is 17.0 Å². The second-order valence-corrected chi connectivity index (χ2v) is 10.4. The number of halogens is 2. The minimum absolute atomic E-state index is 0.175. The minimum atomic E-state index is -3.31. The predicted molar refractivity (Wildman–Crippen MR) is 106 cm³/mol. The van der Waals surface area contributed by atoms with Crippen molar-refractivity contribution >= 4 is 22.4 Å². The maximum Gasteiger partial charge on any atom is 0.494 e. The maximum absolute atomic E-state index is 14.3. The highest BCUT2D eigenvalue weighted by Gasteiger charge is 2.51. The van der Waals surface area contributed by atoms with E-state index in [0.29, 0.717) is 16.6 Å². The molecular weight excluding hydrogens is 385 g/mol. The fourth-order valence-corrected chi connectivity index (χ4v) is 3.87. The molecule has 0 spiro atoms. The summed E-state index contributed by atoms with van der Waals surface area (Å²) in [6.45, 7) is 7.64. The molecule has 1 heterocycles. The van der Waals surface area contributed by atoms with Gasteiger partial charge in [0.1, 0.15) is 11.6 Å². The molecule has 150 valence electrons. The molecule has 1 aliphatic rings. The zero-order chi connectivity index (χ0) is 20.9. The van der Waals surface area contributed by atoms with Crippen LogP contribution in [0.1, 0.15) is 33.3 Å². The number of benzene rings is 2. The summed E-state index contributed by atoms with van der Waals surface area (Å²) >= 11 is 0. The molecule has 0 atom stereocenters. The zero-order valence-electron chi connectivity index (χ0n) is 16.5. The average Bonchev–Trinajstić information content (AvgIpc) is 2.73. The summed E-state index contributed by atoms with van der Waals surface area (Å²) in [5.74, 6) is -1.62. The number of hydrogen-bond acceptors (Lipinski definition) is 4. The zero-order valence-corrected chi connectivity index (χ0v) is 17.4. The van der Waals surface area contributed by atoms with E-state index in [1.54, 1.807) is 18.2 Å². The van der Waals surface area contributed by atoms with Gasteiger partial charge in [0.2, 0.25) is 0 Å². The lowest BCUT2D eigenvalue weighted by molar-refractivity contribution is 0.00578. The molecular formula is C20H23BF2O4S. The summed E-state index contributed by atoms with van der Waals surface area (Å²) in [5.41, 5.74) is 0.516. The van der Waals surface area contributed by atoms with Crippen LogP contribution < -0.4 is 5.46 Å². The summed E-state index contributed by atoms with van der Waals surface area (Å²) in [4.78, 5) is 0. The third-order valence-electron chi connectivity index (χ3n) is 5.21. The van der Waals surface area contributed by atoms with Crippen LogP contribution in [-0.4, -0.2) is 33.0 Å².